The Morgan fingerprint density at radius 1 is 0.542 bits per heavy atom. The molecule has 0 fully saturated rings. The summed E-state index contributed by atoms with van der Waals surface area (Å²) in [6.07, 6.45) is 55.4. The smallest absolute Gasteiger partial charge is 0.457 e. The van der Waals surface area contributed by atoms with Gasteiger partial charge in [0.15, 0.2) is 0 Å². The average Bonchev–Trinajstić information content (AvgIpc) is 3.23. The third kappa shape index (κ3) is 45.0. The van der Waals surface area contributed by atoms with Gasteiger partial charge in [-0.1, -0.05) is 170 Å². The van der Waals surface area contributed by atoms with E-state index in [1.54, 1.807) is 0 Å². The standard InChI is InChI=1S/C49H85O9P/c1-3-5-7-9-11-13-15-17-19-20-21-22-23-24-25-26-27-28-30-32-34-36-38-40-42-55-45-48(46-57-59(53,54)56-44-47(51)43-50)58-49(52)41-39-37-35-33-31-29-18-16-14-12-10-8-6-4-2/h5,7,10-13,16-19,21-22,24-25,47-48,50-51H,3-4,6,8-9,14-15,20,23,26-46H2,1-2H3,(H,53,54)/b7-5-,12-10-,13-11-,18-16-,19-17-,22-21-,25-24-. The Hall–Kier alpha value is -2.36. The minimum Gasteiger partial charge on any atom is -0.457 e. The lowest BCUT2D eigenvalue weighted by atomic mass is 10.1. The zero-order valence-electron chi connectivity index (χ0n) is 37.2. The fraction of sp³-hybridized carbons (Fsp3) is 0.694. The molecule has 3 atom stereocenters. The van der Waals surface area contributed by atoms with Gasteiger partial charge in [0.05, 0.1) is 26.4 Å². The van der Waals surface area contributed by atoms with Crippen LogP contribution < -0.4 is 0 Å². The second-order valence-corrected chi connectivity index (χ2v) is 16.5. The Labute approximate surface area is 360 Å². The molecule has 0 aromatic heterocycles. The Kier molecular flexibility index (Phi) is 43.4. The van der Waals surface area contributed by atoms with Crippen LogP contribution >= 0.6 is 7.82 Å². The van der Waals surface area contributed by atoms with Crippen LogP contribution in [-0.2, 0) is 27.9 Å². The van der Waals surface area contributed by atoms with Gasteiger partial charge in [0.2, 0.25) is 0 Å². The van der Waals surface area contributed by atoms with Gasteiger partial charge < -0.3 is 24.6 Å². The summed E-state index contributed by atoms with van der Waals surface area (Å²) in [5.74, 6) is -0.403. The molecule has 59 heavy (non-hydrogen) atoms. The van der Waals surface area contributed by atoms with Crippen LogP contribution in [0.2, 0.25) is 0 Å². The molecule has 0 rings (SSSR count). The molecule has 0 radical (unpaired) electrons. The van der Waals surface area contributed by atoms with Gasteiger partial charge in [0.25, 0.3) is 0 Å². The van der Waals surface area contributed by atoms with E-state index in [9.17, 15) is 19.4 Å². The minimum atomic E-state index is -4.53. The molecular weight excluding hydrogens is 764 g/mol. The lowest BCUT2D eigenvalue weighted by Crippen LogP contribution is -2.29. The van der Waals surface area contributed by atoms with Crippen LogP contribution in [-0.4, -0.2) is 66.3 Å². The highest BCUT2D eigenvalue weighted by Gasteiger charge is 2.26. The molecule has 0 bridgehead atoms. The molecule has 0 amide bonds. The summed E-state index contributed by atoms with van der Waals surface area (Å²) in [6, 6.07) is 0. The van der Waals surface area contributed by atoms with Crippen molar-refractivity contribution in [3.63, 3.8) is 0 Å². The second-order valence-electron chi connectivity index (χ2n) is 15.0. The van der Waals surface area contributed by atoms with Gasteiger partial charge in [-0.3, -0.25) is 13.8 Å². The van der Waals surface area contributed by atoms with Crippen molar-refractivity contribution in [2.45, 2.75) is 187 Å². The minimum absolute atomic E-state index is 0.0327. The second kappa shape index (κ2) is 45.2. The van der Waals surface area contributed by atoms with Crippen molar-refractivity contribution < 1.29 is 43.0 Å². The van der Waals surface area contributed by atoms with Crippen molar-refractivity contribution >= 4 is 13.8 Å². The molecule has 9 nitrogen and oxygen atoms in total. The summed E-state index contributed by atoms with van der Waals surface area (Å²) in [6.45, 7) is 3.31. The summed E-state index contributed by atoms with van der Waals surface area (Å²) in [7, 11) is -4.53. The normalized spacial score (nSPS) is 14.7. The molecule has 0 aromatic rings. The largest absolute Gasteiger partial charge is 0.472 e. The molecule has 0 heterocycles. The molecule has 0 saturated carbocycles. The zero-order chi connectivity index (χ0) is 43.2. The van der Waals surface area contributed by atoms with Crippen LogP contribution in [0, 0.1) is 0 Å². The number of aliphatic hydroxyl groups excluding tert-OH is 2. The van der Waals surface area contributed by atoms with E-state index in [2.05, 4.69) is 98.9 Å². The molecule has 0 aromatic carbocycles. The number of hydrogen-bond acceptors (Lipinski definition) is 8. The molecular formula is C49H85O9P. The Bertz CT molecular complexity index is 1190. The Balaban J connectivity index is 4.15. The predicted octanol–water partition coefficient (Wildman–Crippen LogP) is 13.1. The van der Waals surface area contributed by atoms with Gasteiger partial charge in [-0.2, -0.15) is 0 Å². The number of hydrogen-bond donors (Lipinski definition) is 3. The van der Waals surface area contributed by atoms with Gasteiger partial charge in [0, 0.05) is 13.0 Å². The summed E-state index contributed by atoms with van der Waals surface area (Å²) in [5, 5.41) is 18.4. The van der Waals surface area contributed by atoms with E-state index in [0.29, 0.717) is 13.0 Å². The third-order valence-electron chi connectivity index (χ3n) is 9.31. The van der Waals surface area contributed by atoms with Gasteiger partial charge in [-0.25, -0.2) is 4.57 Å². The number of rotatable bonds is 43. The maximum absolute atomic E-state index is 12.6. The molecule has 0 spiro atoms. The predicted molar refractivity (Wildman–Crippen MR) is 246 cm³/mol. The van der Waals surface area contributed by atoms with Crippen molar-refractivity contribution in [3.8, 4) is 0 Å². The third-order valence-corrected chi connectivity index (χ3v) is 10.3. The van der Waals surface area contributed by atoms with Crippen molar-refractivity contribution in [1.82, 2.24) is 0 Å². The highest BCUT2D eigenvalue weighted by molar-refractivity contribution is 7.47. The lowest BCUT2D eigenvalue weighted by Gasteiger charge is -2.20. The number of phosphoric acid groups is 1. The Morgan fingerprint density at radius 3 is 1.46 bits per heavy atom. The van der Waals surface area contributed by atoms with Crippen LogP contribution in [0.1, 0.15) is 174 Å². The molecule has 0 aliphatic heterocycles. The Morgan fingerprint density at radius 2 is 0.966 bits per heavy atom. The molecule has 340 valence electrons. The first kappa shape index (κ1) is 56.6. The topological polar surface area (TPSA) is 132 Å². The average molecular weight is 849 g/mol. The van der Waals surface area contributed by atoms with Crippen LogP contribution in [0.4, 0.5) is 0 Å². The molecule has 10 heteroatoms. The quantitative estimate of drug-likeness (QED) is 0.0237. The molecule has 3 unspecified atom stereocenters. The summed E-state index contributed by atoms with van der Waals surface area (Å²) in [5.41, 5.74) is 0. The molecule has 3 N–H and O–H groups in total. The highest BCUT2D eigenvalue weighted by Crippen LogP contribution is 2.43. The SMILES string of the molecule is CC/C=C\C/C=C\C/C=C\C/C=C\C/C=C\CCCCCCCCCCOCC(COP(=O)(O)OCC(O)CO)OC(=O)CCCCCCC/C=C\C/C=C\CCCC. The van der Waals surface area contributed by atoms with E-state index in [1.807, 2.05) is 0 Å². The summed E-state index contributed by atoms with van der Waals surface area (Å²) < 4.78 is 33.4. The van der Waals surface area contributed by atoms with Gasteiger partial charge >= 0.3 is 13.8 Å². The van der Waals surface area contributed by atoms with Crippen molar-refractivity contribution in [1.29, 1.82) is 0 Å². The number of aliphatic hydroxyl groups is 2. The molecule has 0 saturated heterocycles. The van der Waals surface area contributed by atoms with E-state index >= 15 is 0 Å². The first-order valence-electron chi connectivity index (χ1n) is 23.1. The van der Waals surface area contributed by atoms with Gasteiger partial charge in [-0.15, -0.1) is 0 Å². The first-order chi connectivity index (χ1) is 28.8. The van der Waals surface area contributed by atoms with E-state index < -0.39 is 45.8 Å². The number of unbranched alkanes of at least 4 members (excludes halogenated alkanes) is 15. The highest BCUT2D eigenvalue weighted by atomic mass is 31.2. The number of carbonyl (C=O) groups excluding carboxylic acids is 1. The van der Waals surface area contributed by atoms with Crippen molar-refractivity contribution in [2.75, 3.05) is 33.0 Å². The van der Waals surface area contributed by atoms with Gasteiger partial charge in [0.1, 0.15) is 12.2 Å². The fourth-order valence-electron chi connectivity index (χ4n) is 5.81. The van der Waals surface area contributed by atoms with E-state index in [0.717, 1.165) is 103 Å². The number of carbonyl (C=O) groups is 1. The van der Waals surface area contributed by atoms with E-state index in [4.69, 9.17) is 23.6 Å². The zero-order valence-corrected chi connectivity index (χ0v) is 38.1. The monoisotopic (exact) mass is 849 g/mol. The van der Waals surface area contributed by atoms with Crippen molar-refractivity contribution in [2.24, 2.45) is 0 Å². The number of esters is 1. The first-order valence-corrected chi connectivity index (χ1v) is 24.6. The fourth-order valence-corrected chi connectivity index (χ4v) is 6.60. The number of allylic oxidation sites excluding steroid dienone is 14. The van der Waals surface area contributed by atoms with Crippen molar-refractivity contribution in [3.05, 3.63) is 85.1 Å². The number of phosphoric ester groups is 1. The van der Waals surface area contributed by atoms with Crippen LogP contribution in [0.5, 0.6) is 0 Å². The van der Waals surface area contributed by atoms with E-state index in [1.165, 1.54) is 44.9 Å². The maximum Gasteiger partial charge on any atom is 0.472 e. The summed E-state index contributed by atoms with van der Waals surface area (Å²) >= 11 is 0. The van der Waals surface area contributed by atoms with Crippen LogP contribution in [0.3, 0.4) is 0 Å². The molecule has 0 aliphatic carbocycles. The number of ether oxygens (including phenoxy) is 2. The van der Waals surface area contributed by atoms with Crippen LogP contribution in [0.25, 0.3) is 0 Å². The van der Waals surface area contributed by atoms with E-state index in [-0.39, 0.29) is 13.0 Å². The molecule has 0 aliphatic rings. The maximum atomic E-state index is 12.6. The summed E-state index contributed by atoms with van der Waals surface area (Å²) in [4.78, 5) is 22.6. The van der Waals surface area contributed by atoms with Gasteiger partial charge in [-0.05, 0) is 83.5 Å². The van der Waals surface area contributed by atoms with Crippen LogP contribution in [0.15, 0.2) is 85.1 Å². The lowest BCUT2D eigenvalue weighted by molar-refractivity contribution is -0.154.